The molecular weight excluding hydrogens is 276 g/mol. The minimum absolute atomic E-state index is 0.190. The van der Waals surface area contributed by atoms with Gasteiger partial charge in [-0.05, 0) is 49.2 Å². The summed E-state index contributed by atoms with van der Waals surface area (Å²) in [7, 11) is -3.67. The molecule has 2 aromatic rings. The van der Waals surface area contributed by atoms with Crippen molar-refractivity contribution in [3.63, 3.8) is 0 Å². The van der Waals surface area contributed by atoms with E-state index < -0.39 is 10.0 Å². The van der Waals surface area contributed by atoms with E-state index in [2.05, 4.69) is 9.71 Å². The summed E-state index contributed by atoms with van der Waals surface area (Å²) in [5, 5.41) is 9.00. The number of nitrogens with one attached hydrogen (secondary N) is 1. The summed E-state index contributed by atoms with van der Waals surface area (Å²) in [5.41, 5.74) is 2.35. The van der Waals surface area contributed by atoms with Crippen molar-refractivity contribution in [1.29, 1.82) is 0 Å². The Morgan fingerprint density at radius 2 is 1.90 bits per heavy atom. The highest BCUT2D eigenvalue weighted by atomic mass is 32.2. The van der Waals surface area contributed by atoms with E-state index in [1.165, 1.54) is 6.07 Å². The summed E-state index contributed by atoms with van der Waals surface area (Å²) in [6, 6.07) is 9.73. The molecule has 0 aliphatic heterocycles. The molecule has 0 radical (unpaired) electrons. The van der Waals surface area contributed by atoms with Gasteiger partial charge in [-0.1, -0.05) is 12.1 Å². The summed E-state index contributed by atoms with van der Waals surface area (Å²) in [4.78, 5) is 4.19. The molecule has 0 unspecified atom stereocenters. The van der Waals surface area contributed by atoms with E-state index in [0.717, 1.165) is 11.1 Å². The molecule has 106 valence electrons. The molecule has 0 atom stereocenters. The Morgan fingerprint density at radius 1 is 1.15 bits per heavy atom. The first kappa shape index (κ1) is 14.5. The molecule has 0 aliphatic rings. The third kappa shape index (κ3) is 3.15. The van der Waals surface area contributed by atoms with Crippen LogP contribution in [-0.4, -0.2) is 18.5 Å². The maximum Gasteiger partial charge on any atom is 0.263 e. The molecule has 2 N–H and O–H groups in total. The van der Waals surface area contributed by atoms with Crippen LogP contribution in [0, 0.1) is 13.8 Å². The van der Waals surface area contributed by atoms with Gasteiger partial charge in [0.05, 0.1) is 17.2 Å². The second kappa shape index (κ2) is 5.60. The summed E-state index contributed by atoms with van der Waals surface area (Å²) in [5.74, 6) is 0.190. The van der Waals surface area contributed by atoms with Gasteiger partial charge in [0.2, 0.25) is 0 Å². The molecule has 0 fully saturated rings. The monoisotopic (exact) mass is 292 g/mol. The van der Waals surface area contributed by atoms with Crippen LogP contribution >= 0.6 is 0 Å². The van der Waals surface area contributed by atoms with Gasteiger partial charge in [0, 0.05) is 0 Å². The van der Waals surface area contributed by atoms with Gasteiger partial charge in [0.15, 0.2) is 0 Å². The molecule has 2 rings (SSSR count). The smallest absolute Gasteiger partial charge is 0.263 e. The molecule has 0 aliphatic carbocycles. The van der Waals surface area contributed by atoms with Crippen LogP contribution in [0.5, 0.6) is 0 Å². The lowest BCUT2D eigenvalue weighted by atomic mass is 10.1. The van der Waals surface area contributed by atoms with Crippen LogP contribution in [0.2, 0.25) is 0 Å². The Bertz CT molecular complexity index is 727. The zero-order valence-electron chi connectivity index (χ0n) is 11.3. The fraction of sp³-hybridized carbons (Fsp3) is 0.214. The summed E-state index contributed by atoms with van der Waals surface area (Å²) in [6.07, 6.45) is 0. The van der Waals surface area contributed by atoms with Crippen LogP contribution in [-0.2, 0) is 16.6 Å². The molecule has 1 aromatic carbocycles. The number of anilines is 1. The molecule has 1 aromatic heterocycles. The van der Waals surface area contributed by atoms with Crippen LogP contribution in [0.3, 0.4) is 0 Å². The molecule has 0 amide bonds. The second-order valence-corrected chi connectivity index (χ2v) is 6.21. The van der Waals surface area contributed by atoms with Crippen LogP contribution in [0.4, 0.5) is 5.82 Å². The number of hydrogen-bond donors (Lipinski definition) is 2. The first-order valence-electron chi connectivity index (χ1n) is 6.09. The SMILES string of the molecule is Cc1ccc(S(=O)(=O)Nc2cccc(CO)n2)cc1C. The highest BCUT2D eigenvalue weighted by Crippen LogP contribution is 2.18. The number of benzene rings is 1. The van der Waals surface area contributed by atoms with Crippen molar-refractivity contribution in [2.45, 2.75) is 25.3 Å². The third-order valence-corrected chi connectivity index (χ3v) is 4.35. The zero-order valence-corrected chi connectivity index (χ0v) is 12.1. The summed E-state index contributed by atoms with van der Waals surface area (Å²) >= 11 is 0. The first-order valence-corrected chi connectivity index (χ1v) is 7.57. The van der Waals surface area contributed by atoms with Gasteiger partial charge in [-0.25, -0.2) is 13.4 Å². The Morgan fingerprint density at radius 3 is 2.55 bits per heavy atom. The van der Waals surface area contributed by atoms with Crippen molar-refractivity contribution < 1.29 is 13.5 Å². The quantitative estimate of drug-likeness (QED) is 0.903. The van der Waals surface area contributed by atoms with Gasteiger partial charge in [-0.15, -0.1) is 0 Å². The van der Waals surface area contributed by atoms with Crippen molar-refractivity contribution in [3.8, 4) is 0 Å². The Balaban J connectivity index is 2.32. The average molecular weight is 292 g/mol. The Labute approximate surface area is 118 Å². The normalized spacial score (nSPS) is 11.3. The largest absolute Gasteiger partial charge is 0.390 e. The molecule has 5 nitrogen and oxygen atoms in total. The van der Waals surface area contributed by atoms with Gasteiger partial charge in [0.1, 0.15) is 5.82 Å². The molecule has 0 spiro atoms. The topological polar surface area (TPSA) is 79.3 Å². The van der Waals surface area contributed by atoms with Gasteiger partial charge >= 0.3 is 0 Å². The molecule has 0 saturated heterocycles. The van der Waals surface area contributed by atoms with E-state index in [1.807, 2.05) is 13.8 Å². The number of aromatic nitrogens is 1. The van der Waals surface area contributed by atoms with E-state index >= 15 is 0 Å². The summed E-state index contributed by atoms with van der Waals surface area (Å²) in [6.45, 7) is 3.55. The highest BCUT2D eigenvalue weighted by Gasteiger charge is 2.15. The van der Waals surface area contributed by atoms with E-state index in [0.29, 0.717) is 5.69 Å². The molecule has 1 heterocycles. The lowest BCUT2D eigenvalue weighted by molar-refractivity contribution is 0.277. The van der Waals surface area contributed by atoms with Gasteiger partial charge < -0.3 is 5.11 Å². The van der Waals surface area contributed by atoms with E-state index in [-0.39, 0.29) is 17.3 Å². The van der Waals surface area contributed by atoms with E-state index in [9.17, 15) is 8.42 Å². The third-order valence-electron chi connectivity index (χ3n) is 3.00. The number of aryl methyl sites for hydroxylation is 2. The van der Waals surface area contributed by atoms with Crippen LogP contribution in [0.25, 0.3) is 0 Å². The van der Waals surface area contributed by atoms with Gasteiger partial charge in [-0.2, -0.15) is 0 Å². The number of nitrogens with zero attached hydrogens (tertiary/aromatic N) is 1. The van der Waals surface area contributed by atoms with Gasteiger partial charge in [0.25, 0.3) is 10.0 Å². The highest BCUT2D eigenvalue weighted by molar-refractivity contribution is 7.92. The van der Waals surface area contributed by atoms with Crippen LogP contribution in [0.15, 0.2) is 41.3 Å². The number of hydrogen-bond acceptors (Lipinski definition) is 4. The standard InChI is InChI=1S/C14H16N2O3S/c1-10-6-7-13(8-11(10)2)20(18,19)16-14-5-3-4-12(9-17)15-14/h3-8,17H,9H2,1-2H3,(H,15,16). The van der Waals surface area contributed by atoms with E-state index in [1.54, 1.807) is 30.3 Å². The summed E-state index contributed by atoms with van der Waals surface area (Å²) < 4.78 is 26.9. The maximum atomic E-state index is 12.3. The van der Waals surface area contributed by atoms with Crippen molar-refractivity contribution in [2.24, 2.45) is 0 Å². The number of pyridine rings is 1. The number of aliphatic hydroxyl groups is 1. The fourth-order valence-electron chi connectivity index (χ4n) is 1.70. The number of aliphatic hydroxyl groups excluding tert-OH is 1. The minimum Gasteiger partial charge on any atom is -0.390 e. The Kier molecular flexibility index (Phi) is 4.06. The number of rotatable bonds is 4. The fourth-order valence-corrected chi connectivity index (χ4v) is 2.79. The van der Waals surface area contributed by atoms with E-state index in [4.69, 9.17) is 5.11 Å². The molecule has 20 heavy (non-hydrogen) atoms. The zero-order chi connectivity index (χ0) is 14.8. The first-order chi connectivity index (χ1) is 9.42. The Hall–Kier alpha value is -1.92. The molecule has 0 bridgehead atoms. The minimum atomic E-state index is -3.67. The number of sulfonamides is 1. The van der Waals surface area contributed by atoms with Crippen molar-refractivity contribution >= 4 is 15.8 Å². The predicted octanol–water partition coefficient (Wildman–Crippen LogP) is 1.99. The molecule has 0 saturated carbocycles. The van der Waals surface area contributed by atoms with Crippen LogP contribution in [0.1, 0.15) is 16.8 Å². The average Bonchev–Trinajstić information content (AvgIpc) is 2.41. The molecular formula is C14H16N2O3S. The van der Waals surface area contributed by atoms with Crippen molar-refractivity contribution in [1.82, 2.24) is 4.98 Å². The van der Waals surface area contributed by atoms with Crippen molar-refractivity contribution in [3.05, 3.63) is 53.2 Å². The predicted molar refractivity (Wildman–Crippen MR) is 76.9 cm³/mol. The maximum absolute atomic E-state index is 12.3. The molecule has 6 heteroatoms. The van der Waals surface area contributed by atoms with Gasteiger partial charge in [-0.3, -0.25) is 4.72 Å². The van der Waals surface area contributed by atoms with Crippen LogP contribution < -0.4 is 4.72 Å². The lowest BCUT2D eigenvalue weighted by Gasteiger charge is -2.09. The van der Waals surface area contributed by atoms with Crippen molar-refractivity contribution in [2.75, 3.05) is 4.72 Å². The lowest BCUT2D eigenvalue weighted by Crippen LogP contribution is -2.14. The second-order valence-electron chi connectivity index (χ2n) is 4.52.